The fraction of sp³-hybridized carbons (Fsp3) is 0.300. The number of carbonyl (C=O) groups excluding carboxylic acids is 2. The zero-order valence-electron chi connectivity index (χ0n) is 13.8. The van der Waals surface area contributed by atoms with Crippen molar-refractivity contribution < 1.29 is 18.7 Å². The molecular weight excluding hydrogens is 321 g/mol. The highest BCUT2D eigenvalue weighted by Crippen LogP contribution is 2.23. The Kier molecular flexibility index (Phi) is 5.43. The standard InChI is InChI=1S/C20H20FNO3/c21-17-9-5-4-6-14(17)10-13-18(23)25-19(15-7-2-1-3-8-15)20(24)22-16-11-12-16/h1-9,16,19H,10-13H2,(H,22,24)/t19-/m1/s1. The van der Waals surface area contributed by atoms with Crippen molar-refractivity contribution >= 4 is 11.9 Å². The largest absolute Gasteiger partial charge is 0.447 e. The fourth-order valence-corrected chi connectivity index (χ4v) is 2.53. The van der Waals surface area contributed by atoms with Gasteiger partial charge in [0.2, 0.25) is 6.10 Å². The van der Waals surface area contributed by atoms with Crippen molar-refractivity contribution in [2.75, 3.05) is 0 Å². The van der Waals surface area contributed by atoms with E-state index in [0.29, 0.717) is 11.1 Å². The van der Waals surface area contributed by atoms with Crippen molar-refractivity contribution in [3.63, 3.8) is 0 Å². The van der Waals surface area contributed by atoms with Crippen LogP contribution in [-0.2, 0) is 20.7 Å². The van der Waals surface area contributed by atoms with Gasteiger partial charge >= 0.3 is 5.97 Å². The summed E-state index contributed by atoms with van der Waals surface area (Å²) in [6.45, 7) is 0. The topological polar surface area (TPSA) is 55.4 Å². The summed E-state index contributed by atoms with van der Waals surface area (Å²) in [6.07, 6.45) is 1.18. The third kappa shape index (κ3) is 4.89. The molecule has 0 spiro atoms. The Balaban J connectivity index is 1.63. The first kappa shape index (κ1) is 17.1. The lowest BCUT2D eigenvalue weighted by Gasteiger charge is -2.18. The monoisotopic (exact) mass is 341 g/mol. The summed E-state index contributed by atoms with van der Waals surface area (Å²) in [7, 11) is 0. The number of aryl methyl sites for hydroxylation is 1. The molecule has 0 aliphatic heterocycles. The van der Waals surface area contributed by atoms with E-state index in [1.165, 1.54) is 6.07 Å². The number of amides is 1. The molecule has 0 heterocycles. The Bertz CT molecular complexity index is 744. The second-order valence-electron chi connectivity index (χ2n) is 6.15. The molecule has 0 radical (unpaired) electrons. The molecule has 2 aromatic rings. The zero-order chi connectivity index (χ0) is 17.6. The van der Waals surface area contributed by atoms with Crippen molar-refractivity contribution in [2.45, 2.75) is 37.8 Å². The number of esters is 1. The SMILES string of the molecule is O=C(CCc1ccccc1F)O[C@@H](C(=O)NC1CC1)c1ccccc1. The molecule has 1 saturated carbocycles. The van der Waals surface area contributed by atoms with Crippen molar-refractivity contribution in [3.05, 3.63) is 71.5 Å². The molecule has 5 heteroatoms. The molecule has 1 fully saturated rings. The molecule has 3 rings (SSSR count). The van der Waals surface area contributed by atoms with E-state index in [9.17, 15) is 14.0 Å². The Labute approximate surface area is 146 Å². The van der Waals surface area contributed by atoms with Crippen LogP contribution in [-0.4, -0.2) is 17.9 Å². The molecule has 0 unspecified atom stereocenters. The van der Waals surface area contributed by atoms with Crippen LogP contribution in [0.3, 0.4) is 0 Å². The normalized spacial score (nSPS) is 14.6. The van der Waals surface area contributed by atoms with E-state index < -0.39 is 12.1 Å². The molecule has 0 bridgehead atoms. The summed E-state index contributed by atoms with van der Waals surface area (Å²) in [6, 6.07) is 15.4. The fourth-order valence-electron chi connectivity index (χ4n) is 2.53. The summed E-state index contributed by atoms with van der Waals surface area (Å²) in [5, 5.41) is 2.86. The third-order valence-corrected chi connectivity index (χ3v) is 4.07. The zero-order valence-corrected chi connectivity index (χ0v) is 13.8. The molecule has 1 N–H and O–H groups in total. The van der Waals surface area contributed by atoms with Gasteiger partial charge in [-0.1, -0.05) is 48.5 Å². The first-order chi connectivity index (χ1) is 12.1. The molecule has 25 heavy (non-hydrogen) atoms. The third-order valence-electron chi connectivity index (χ3n) is 4.07. The minimum absolute atomic E-state index is 0.0149. The van der Waals surface area contributed by atoms with Crippen LogP contribution in [0, 0.1) is 5.82 Å². The van der Waals surface area contributed by atoms with Crippen LogP contribution >= 0.6 is 0 Å². The van der Waals surface area contributed by atoms with E-state index >= 15 is 0 Å². The van der Waals surface area contributed by atoms with E-state index in [1.54, 1.807) is 42.5 Å². The lowest BCUT2D eigenvalue weighted by molar-refractivity contribution is -0.156. The van der Waals surface area contributed by atoms with Crippen molar-refractivity contribution in [1.29, 1.82) is 0 Å². The van der Waals surface area contributed by atoms with Gasteiger partial charge in [0.15, 0.2) is 0 Å². The Morgan fingerprint density at radius 1 is 1.08 bits per heavy atom. The van der Waals surface area contributed by atoms with Crippen LogP contribution in [0.2, 0.25) is 0 Å². The van der Waals surface area contributed by atoms with E-state index in [1.807, 2.05) is 6.07 Å². The predicted molar refractivity (Wildman–Crippen MR) is 91.2 cm³/mol. The average Bonchev–Trinajstić information content (AvgIpc) is 3.43. The molecule has 0 saturated heterocycles. The number of ether oxygens (including phenoxy) is 1. The van der Waals surface area contributed by atoms with Crippen molar-refractivity contribution in [3.8, 4) is 0 Å². The Morgan fingerprint density at radius 3 is 2.44 bits per heavy atom. The van der Waals surface area contributed by atoms with Crippen molar-refractivity contribution in [1.82, 2.24) is 5.32 Å². The molecule has 4 nitrogen and oxygen atoms in total. The Morgan fingerprint density at radius 2 is 1.76 bits per heavy atom. The van der Waals surface area contributed by atoms with Crippen LogP contribution in [0.5, 0.6) is 0 Å². The quantitative estimate of drug-likeness (QED) is 0.786. The van der Waals surface area contributed by atoms with Crippen LogP contribution in [0.15, 0.2) is 54.6 Å². The van der Waals surface area contributed by atoms with Gasteiger partial charge in [-0.2, -0.15) is 0 Å². The second kappa shape index (κ2) is 7.92. The highest BCUT2D eigenvalue weighted by molar-refractivity contribution is 5.85. The highest BCUT2D eigenvalue weighted by atomic mass is 19.1. The number of carbonyl (C=O) groups is 2. The molecule has 2 aromatic carbocycles. The summed E-state index contributed by atoms with van der Waals surface area (Å²) in [5.41, 5.74) is 1.08. The van der Waals surface area contributed by atoms with Gasteiger partial charge in [0.25, 0.3) is 5.91 Å². The molecule has 1 aliphatic rings. The van der Waals surface area contributed by atoms with Crippen LogP contribution in [0.25, 0.3) is 0 Å². The number of benzene rings is 2. The van der Waals surface area contributed by atoms with Crippen LogP contribution in [0.4, 0.5) is 4.39 Å². The van der Waals surface area contributed by atoms with Gasteiger partial charge in [-0.05, 0) is 30.9 Å². The molecule has 0 aromatic heterocycles. The molecular formula is C20H20FNO3. The van der Waals surface area contributed by atoms with E-state index in [4.69, 9.17) is 4.74 Å². The number of hydrogen-bond donors (Lipinski definition) is 1. The summed E-state index contributed by atoms with van der Waals surface area (Å²) in [5.74, 6) is -1.18. The van der Waals surface area contributed by atoms with E-state index in [-0.39, 0.29) is 30.6 Å². The molecule has 130 valence electrons. The summed E-state index contributed by atoms with van der Waals surface area (Å²) >= 11 is 0. The van der Waals surface area contributed by atoms with Gasteiger partial charge in [0, 0.05) is 18.0 Å². The highest BCUT2D eigenvalue weighted by Gasteiger charge is 2.30. The Hall–Kier alpha value is -2.69. The number of hydrogen-bond acceptors (Lipinski definition) is 3. The van der Waals surface area contributed by atoms with E-state index in [0.717, 1.165) is 12.8 Å². The number of halogens is 1. The van der Waals surface area contributed by atoms with Crippen molar-refractivity contribution in [2.24, 2.45) is 0 Å². The first-order valence-corrected chi connectivity index (χ1v) is 8.41. The maximum atomic E-state index is 13.6. The summed E-state index contributed by atoms with van der Waals surface area (Å²) in [4.78, 5) is 24.6. The van der Waals surface area contributed by atoms with Crippen LogP contribution < -0.4 is 5.32 Å². The smallest absolute Gasteiger partial charge is 0.307 e. The number of nitrogens with one attached hydrogen (secondary N) is 1. The molecule has 1 amide bonds. The van der Waals surface area contributed by atoms with Gasteiger partial charge in [-0.15, -0.1) is 0 Å². The van der Waals surface area contributed by atoms with Gasteiger partial charge in [0.1, 0.15) is 5.82 Å². The second-order valence-corrected chi connectivity index (χ2v) is 6.15. The lowest BCUT2D eigenvalue weighted by atomic mass is 10.1. The maximum absolute atomic E-state index is 13.6. The average molecular weight is 341 g/mol. The van der Waals surface area contributed by atoms with E-state index in [2.05, 4.69) is 5.32 Å². The minimum atomic E-state index is -0.977. The van der Waals surface area contributed by atoms with Gasteiger partial charge in [-0.3, -0.25) is 9.59 Å². The number of rotatable bonds is 7. The lowest BCUT2D eigenvalue weighted by Crippen LogP contribution is -2.33. The molecule has 1 atom stereocenters. The maximum Gasteiger partial charge on any atom is 0.307 e. The van der Waals surface area contributed by atoms with Gasteiger partial charge < -0.3 is 10.1 Å². The van der Waals surface area contributed by atoms with Gasteiger partial charge in [-0.25, -0.2) is 4.39 Å². The summed E-state index contributed by atoms with van der Waals surface area (Å²) < 4.78 is 19.0. The molecule has 1 aliphatic carbocycles. The van der Waals surface area contributed by atoms with Crippen LogP contribution in [0.1, 0.15) is 36.5 Å². The minimum Gasteiger partial charge on any atom is -0.447 e. The van der Waals surface area contributed by atoms with Gasteiger partial charge in [0.05, 0.1) is 0 Å². The predicted octanol–water partition coefficient (Wildman–Crippen LogP) is 3.32. The first-order valence-electron chi connectivity index (χ1n) is 8.41.